The van der Waals surface area contributed by atoms with Gasteiger partial charge in [-0.15, -0.1) is 0 Å². The number of carbonyl (C=O) groups is 2. The van der Waals surface area contributed by atoms with Gasteiger partial charge >= 0.3 is 0 Å². The van der Waals surface area contributed by atoms with Gasteiger partial charge < -0.3 is 15.0 Å². The average molecular weight is 411 g/mol. The number of nitrogens with one attached hydrogen (secondary N) is 1. The van der Waals surface area contributed by atoms with Crippen LogP contribution in [0.4, 0.5) is 0 Å². The maximum absolute atomic E-state index is 12.6. The highest BCUT2D eigenvalue weighted by Gasteiger charge is 2.44. The van der Waals surface area contributed by atoms with Gasteiger partial charge in [0.05, 0.1) is 24.3 Å². The molecular weight excluding hydrogens is 380 g/mol. The molecule has 2 amide bonds. The number of benzene rings is 1. The number of rotatable bonds is 5. The van der Waals surface area contributed by atoms with Crippen molar-refractivity contribution in [2.45, 2.75) is 57.3 Å². The molecule has 1 spiro atoms. The van der Waals surface area contributed by atoms with Crippen molar-refractivity contribution >= 4 is 11.8 Å². The highest BCUT2D eigenvalue weighted by Crippen LogP contribution is 2.43. The maximum atomic E-state index is 12.6. The first-order valence-electron chi connectivity index (χ1n) is 10.8. The van der Waals surface area contributed by atoms with Crippen LogP contribution in [0.25, 0.3) is 0 Å². The van der Waals surface area contributed by atoms with E-state index in [2.05, 4.69) is 28.6 Å². The molecule has 1 aromatic heterocycles. The molecule has 2 aliphatic heterocycles. The summed E-state index contributed by atoms with van der Waals surface area (Å²) in [4.78, 5) is 26.6. The summed E-state index contributed by atoms with van der Waals surface area (Å²) in [5.41, 5.74) is 3.04. The van der Waals surface area contributed by atoms with Crippen molar-refractivity contribution in [1.82, 2.24) is 20.0 Å². The highest BCUT2D eigenvalue weighted by atomic mass is 16.5. The van der Waals surface area contributed by atoms with Crippen LogP contribution in [0.15, 0.2) is 36.7 Å². The normalized spacial score (nSPS) is 20.1. The number of piperidine rings is 1. The second kappa shape index (κ2) is 8.60. The molecule has 0 aliphatic carbocycles. The zero-order chi connectivity index (χ0) is 21.1. The minimum Gasteiger partial charge on any atom is -0.366 e. The Hall–Kier alpha value is -2.67. The summed E-state index contributed by atoms with van der Waals surface area (Å²) in [6.07, 6.45) is 6.62. The number of aryl methyl sites for hydroxylation is 1. The molecule has 1 N–H and O–H groups in total. The Labute approximate surface area is 177 Å². The molecule has 0 saturated carbocycles. The van der Waals surface area contributed by atoms with E-state index >= 15 is 0 Å². The van der Waals surface area contributed by atoms with Crippen LogP contribution in [0.5, 0.6) is 0 Å². The SMILES string of the molecule is CCC(=O)N1CCC2(CC1)OC(CC(=O)NCc1cnn(C)c1)Cc1ccccc12. The Kier molecular flexibility index (Phi) is 5.90. The third-order valence-corrected chi connectivity index (χ3v) is 6.24. The van der Waals surface area contributed by atoms with Crippen LogP contribution in [0.1, 0.15) is 49.3 Å². The smallest absolute Gasteiger partial charge is 0.222 e. The summed E-state index contributed by atoms with van der Waals surface area (Å²) < 4.78 is 8.34. The first kappa shape index (κ1) is 20.6. The van der Waals surface area contributed by atoms with E-state index in [0.717, 1.165) is 24.8 Å². The predicted molar refractivity (Wildman–Crippen MR) is 112 cm³/mol. The van der Waals surface area contributed by atoms with E-state index in [1.807, 2.05) is 31.1 Å². The lowest BCUT2D eigenvalue weighted by atomic mass is 9.78. The molecular formula is C23H30N4O3. The van der Waals surface area contributed by atoms with Gasteiger partial charge in [-0.05, 0) is 30.4 Å². The summed E-state index contributed by atoms with van der Waals surface area (Å²) in [6.45, 7) is 3.76. The van der Waals surface area contributed by atoms with Gasteiger partial charge in [0.2, 0.25) is 11.8 Å². The minimum atomic E-state index is -0.409. The number of amides is 2. The molecule has 1 fully saturated rings. The van der Waals surface area contributed by atoms with Gasteiger partial charge in [0.1, 0.15) is 0 Å². The van der Waals surface area contributed by atoms with Crippen LogP contribution in [-0.4, -0.2) is 45.7 Å². The van der Waals surface area contributed by atoms with Crippen molar-refractivity contribution in [3.8, 4) is 0 Å². The molecule has 4 rings (SSSR count). The van der Waals surface area contributed by atoms with Crippen LogP contribution in [0, 0.1) is 0 Å². The third-order valence-electron chi connectivity index (χ3n) is 6.24. The lowest BCUT2D eigenvalue weighted by molar-refractivity contribution is -0.156. The van der Waals surface area contributed by atoms with Gasteiger partial charge in [0.15, 0.2) is 0 Å². The second-order valence-electron chi connectivity index (χ2n) is 8.33. The van der Waals surface area contributed by atoms with E-state index in [4.69, 9.17) is 4.74 Å². The number of hydrogen-bond donors (Lipinski definition) is 1. The molecule has 3 heterocycles. The number of carbonyl (C=O) groups excluding carboxylic acids is 2. The quantitative estimate of drug-likeness (QED) is 0.821. The average Bonchev–Trinajstić information content (AvgIpc) is 3.17. The fraction of sp³-hybridized carbons (Fsp3) is 0.522. The molecule has 1 unspecified atom stereocenters. The van der Waals surface area contributed by atoms with Crippen LogP contribution in [0.2, 0.25) is 0 Å². The van der Waals surface area contributed by atoms with Gasteiger partial charge in [0.25, 0.3) is 0 Å². The summed E-state index contributed by atoms with van der Waals surface area (Å²) >= 11 is 0. The van der Waals surface area contributed by atoms with Crippen LogP contribution >= 0.6 is 0 Å². The van der Waals surface area contributed by atoms with Crippen molar-refractivity contribution in [2.24, 2.45) is 7.05 Å². The lowest BCUT2D eigenvalue weighted by Crippen LogP contribution is -2.50. The Morgan fingerprint density at radius 3 is 2.73 bits per heavy atom. The van der Waals surface area contributed by atoms with E-state index in [9.17, 15) is 9.59 Å². The zero-order valence-electron chi connectivity index (χ0n) is 17.8. The fourth-order valence-electron chi connectivity index (χ4n) is 4.70. The molecule has 2 aromatic rings. The van der Waals surface area contributed by atoms with Crippen molar-refractivity contribution in [3.63, 3.8) is 0 Å². The third kappa shape index (κ3) is 4.26. The molecule has 1 aromatic carbocycles. The molecule has 1 atom stereocenters. The van der Waals surface area contributed by atoms with Crippen molar-refractivity contribution in [1.29, 1.82) is 0 Å². The maximum Gasteiger partial charge on any atom is 0.222 e. The first-order chi connectivity index (χ1) is 14.5. The van der Waals surface area contributed by atoms with Crippen LogP contribution in [-0.2, 0) is 39.9 Å². The minimum absolute atomic E-state index is 0.0167. The van der Waals surface area contributed by atoms with Crippen molar-refractivity contribution in [2.75, 3.05) is 13.1 Å². The largest absolute Gasteiger partial charge is 0.366 e. The zero-order valence-corrected chi connectivity index (χ0v) is 17.8. The topological polar surface area (TPSA) is 76.5 Å². The Morgan fingerprint density at radius 1 is 1.27 bits per heavy atom. The molecule has 7 heteroatoms. The first-order valence-corrected chi connectivity index (χ1v) is 10.8. The van der Waals surface area contributed by atoms with E-state index in [-0.39, 0.29) is 17.9 Å². The molecule has 0 bridgehead atoms. The number of likely N-dealkylation sites (tertiary alicyclic amines) is 1. The molecule has 30 heavy (non-hydrogen) atoms. The number of fused-ring (bicyclic) bond motifs is 2. The molecule has 0 radical (unpaired) electrons. The number of hydrogen-bond acceptors (Lipinski definition) is 4. The second-order valence-corrected chi connectivity index (χ2v) is 8.33. The van der Waals surface area contributed by atoms with E-state index in [0.29, 0.717) is 32.5 Å². The standard InChI is InChI=1S/C23H30N4O3/c1-3-22(29)27-10-8-23(9-11-27)20-7-5-4-6-18(20)12-19(30-23)13-21(28)24-14-17-15-25-26(2)16-17/h4-7,15-16,19H,3,8-14H2,1-2H3,(H,24,28). The number of aromatic nitrogens is 2. The van der Waals surface area contributed by atoms with Crippen LogP contribution in [0.3, 0.4) is 0 Å². The fourth-order valence-corrected chi connectivity index (χ4v) is 4.70. The Bertz CT molecular complexity index is 915. The van der Waals surface area contributed by atoms with Crippen LogP contribution < -0.4 is 5.32 Å². The van der Waals surface area contributed by atoms with Crippen molar-refractivity contribution in [3.05, 3.63) is 53.3 Å². The van der Waals surface area contributed by atoms with Gasteiger partial charge in [0, 0.05) is 44.9 Å². The summed E-state index contributed by atoms with van der Waals surface area (Å²) in [6, 6.07) is 8.39. The van der Waals surface area contributed by atoms with Gasteiger partial charge in [-0.3, -0.25) is 14.3 Å². The molecule has 160 valence electrons. The van der Waals surface area contributed by atoms with E-state index < -0.39 is 5.60 Å². The number of nitrogens with zero attached hydrogens (tertiary/aromatic N) is 3. The van der Waals surface area contributed by atoms with Gasteiger partial charge in [-0.1, -0.05) is 31.2 Å². The summed E-state index contributed by atoms with van der Waals surface area (Å²) in [5.74, 6) is 0.178. The highest BCUT2D eigenvalue weighted by molar-refractivity contribution is 5.76. The number of ether oxygens (including phenoxy) is 1. The lowest BCUT2D eigenvalue weighted by Gasteiger charge is -2.47. The van der Waals surface area contributed by atoms with E-state index in [1.54, 1.807) is 10.9 Å². The Morgan fingerprint density at radius 2 is 2.03 bits per heavy atom. The van der Waals surface area contributed by atoms with Crippen molar-refractivity contribution < 1.29 is 14.3 Å². The Balaban J connectivity index is 1.43. The van der Waals surface area contributed by atoms with Gasteiger partial charge in [-0.25, -0.2) is 0 Å². The monoisotopic (exact) mass is 410 g/mol. The van der Waals surface area contributed by atoms with E-state index in [1.165, 1.54) is 11.1 Å². The summed E-state index contributed by atoms with van der Waals surface area (Å²) in [7, 11) is 1.86. The summed E-state index contributed by atoms with van der Waals surface area (Å²) in [5, 5.41) is 7.11. The molecule has 1 saturated heterocycles. The molecule has 7 nitrogen and oxygen atoms in total. The molecule has 2 aliphatic rings. The predicted octanol–water partition coefficient (Wildman–Crippen LogP) is 2.30. The van der Waals surface area contributed by atoms with Gasteiger partial charge in [-0.2, -0.15) is 5.10 Å².